The lowest BCUT2D eigenvalue weighted by molar-refractivity contribution is -0.115. The molecule has 1 N–H and O–H groups in total. The minimum Gasteiger partial charge on any atom is -0.345 e. The van der Waals surface area contributed by atoms with E-state index >= 15 is 0 Å². The zero-order chi connectivity index (χ0) is 24.0. The molecule has 0 aliphatic carbocycles. The molecule has 1 aliphatic heterocycles. The Labute approximate surface area is 191 Å². The Hall–Kier alpha value is -4.22. The molecule has 12 heteroatoms. The fraction of sp³-hybridized carbons (Fsp3) is 0.227. The average molecular weight is 468 g/mol. The number of amides is 2. The van der Waals surface area contributed by atoms with Gasteiger partial charge < -0.3 is 5.32 Å². The summed E-state index contributed by atoms with van der Waals surface area (Å²) in [6.45, 7) is 0.671. The highest BCUT2D eigenvalue weighted by Crippen LogP contribution is 2.36. The van der Waals surface area contributed by atoms with Crippen molar-refractivity contribution in [2.45, 2.75) is 19.6 Å². The largest absolute Gasteiger partial charge is 0.405 e. The lowest BCUT2D eigenvalue weighted by Gasteiger charge is -2.36. The molecule has 3 aromatic heterocycles. The Morgan fingerprint density at radius 3 is 2.62 bits per heavy atom. The first-order chi connectivity index (χ1) is 16.2. The number of carbonyl (C=O) groups is 1. The van der Waals surface area contributed by atoms with Gasteiger partial charge in [-0.25, -0.2) is 14.7 Å². The number of alkyl halides is 3. The fourth-order valence-electron chi connectivity index (χ4n) is 3.75. The van der Waals surface area contributed by atoms with Crippen LogP contribution >= 0.6 is 0 Å². The van der Waals surface area contributed by atoms with Crippen LogP contribution in [0.4, 0.5) is 41.1 Å². The van der Waals surface area contributed by atoms with Gasteiger partial charge in [-0.15, -0.1) is 0 Å². The van der Waals surface area contributed by atoms with Gasteiger partial charge in [0.05, 0.1) is 23.9 Å². The van der Waals surface area contributed by atoms with Crippen molar-refractivity contribution in [1.82, 2.24) is 24.7 Å². The van der Waals surface area contributed by atoms with Crippen molar-refractivity contribution in [3.8, 4) is 0 Å². The van der Waals surface area contributed by atoms with Crippen LogP contribution in [0.2, 0.25) is 0 Å². The molecular weight excluding hydrogens is 449 g/mol. The van der Waals surface area contributed by atoms with Gasteiger partial charge in [0.15, 0.2) is 5.82 Å². The number of pyridine rings is 1. The molecule has 0 saturated heterocycles. The Bertz CT molecular complexity index is 1380. The van der Waals surface area contributed by atoms with Crippen LogP contribution in [0.25, 0.3) is 10.9 Å². The van der Waals surface area contributed by atoms with Gasteiger partial charge in [-0.3, -0.25) is 14.6 Å². The molecule has 4 aromatic rings. The number of nitrogens with one attached hydrogen (secondary N) is 1. The summed E-state index contributed by atoms with van der Waals surface area (Å²) in [6, 6.07) is 8.52. The monoisotopic (exact) mass is 468 g/mol. The Balaban J connectivity index is 1.58. The predicted octanol–water partition coefficient (Wildman–Crippen LogP) is 4.32. The number of halogens is 3. The second-order valence-corrected chi connectivity index (χ2v) is 7.92. The summed E-state index contributed by atoms with van der Waals surface area (Å²) in [6.07, 6.45) is 0.370. The zero-order valence-electron chi connectivity index (χ0n) is 18.2. The summed E-state index contributed by atoms with van der Waals surface area (Å²) < 4.78 is 39.7. The van der Waals surface area contributed by atoms with Crippen LogP contribution in [0.1, 0.15) is 11.3 Å². The molecular formula is C22H19F3N8O. The highest BCUT2D eigenvalue weighted by atomic mass is 19.4. The summed E-state index contributed by atoms with van der Waals surface area (Å²) >= 11 is 0. The van der Waals surface area contributed by atoms with Gasteiger partial charge in [0.1, 0.15) is 6.54 Å². The number of hydrogen-bond donors (Lipinski definition) is 1. The molecule has 4 heterocycles. The SMILES string of the molecule is Cc1ccc(N2C(=O)N(c3ccc4nn(C)cc4c3)Cc3cnc(NCC(F)(F)F)nc32)cn1. The fourth-order valence-corrected chi connectivity index (χ4v) is 3.75. The maximum atomic E-state index is 13.7. The first-order valence-electron chi connectivity index (χ1n) is 10.3. The van der Waals surface area contributed by atoms with Crippen LogP contribution in [-0.4, -0.2) is 43.5 Å². The summed E-state index contributed by atoms with van der Waals surface area (Å²) in [4.78, 5) is 29.1. The van der Waals surface area contributed by atoms with Gasteiger partial charge in [-0.1, -0.05) is 0 Å². The lowest BCUT2D eigenvalue weighted by Crippen LogP contribution is -2.45. The van der Waals surface area contributed by atoms with Gasteiger partial charge in [-0.2, -0.15) is 23.3 Å². The Kier molecular flexibility index (Phi) is 5.07. The van der Waals surface area contributed by atoms with E-state index < -0.39 is 18.8 Å². The Morgan fingerprint density at radius 2 is 1.88 bits per heavy atom. The predicted molar refractivity (Wildman–Crippen MR) is 120 cm³/mol. The van der Waals surface area contributed by atoms with E-state index in [0.717, 1.165) is 16.6 Å². The highest BCUT2D eigenvalue weighted by Gasteiger charge is 2.35. The highest BCUT2D eigenvalue weighted by molar-refractivity contribution is 6.10. The minimum atomic E-state index is -4.43. The molecule has 174 valence electrons. The van der Waals surface area contributed by atoms with E-state index in [4.69, 9.17) is 0 Å². The van der Waals surface area contributed by atoms with E-state index in [9.17, 15) is 18.0 Å². The summed E-state index contributed by atoms with van der Waals surface area (Å²) in [7, 11) is 1.82. The molecule has 0 saturated carbocycles. The van der Waals surface area contributed by atoms with Crippen molar-refractivity contribution >= 4 is 40.1 Å². The third-order valence-electron chi connectivity index (χ3n) is 5.32. The molecule has 2 amide bonds. The van der Waals surface area contributed by atoms with Gasteiger partial charge in [0.2, 0.25) is 5.95 Å². The van der Waals surface area contributed by atoms with Gasteiger partial charge in [-0.05, 0) is 37.3 Å². The molecule has 0 bridgehead atoms. The standard InChI is InChI=1S/C22H19F3N8O/c1-13-3-4-17(9-26-13)33-19-15(8-27-20(29-19)28-12-22(23,24)25)11-32(21(33)34)16-5-6-18-14(7-16)10-31(2)30-18/h3-10H,11-12H2,1-2H3,(H,27,28,29). The van der Waals surface area contributed by atoms with E-state index in [0.29, 0.717) is 16.9 Å². The van der Waals surface area contributed by atoms with Crippen LogP contribution in [0.15, 0.2) is 48.9 Å². The normalized spacial score (nSPS) is 14.0. The van der Waals surface area contributed by atoms with Gasteiger partial charge >= 0.3 is 12.2 Å². The molecule has 0 spiro atoms. The summed E-state index contributed by atoms with van der Waals surface area (Å²) in [5, 5.41) is 7.40. The smallest absolute Gasteiger partial charge is 0.345 e. The molecule has 0 atom stereocenters. The molecule has 5 rings (SSSR count). The second kappa shape index (κ2) is 7.97. The van der Waals surface area contributed by atoms with E-state index in [1.165, 1.54) is 17.3 Å². The summed E-state index contributed by atoms with van der Waals surface area (Å²) in [5.74, 6) is -0.0202. The third kappa shape index (κ3) is 4.09. The minimum absolute atomic E-state index is 0.148. The van der Waals surface area contributed by atoms with Crippen LogP contribution in [0.3, 0.4) is 0 Å². The number of aryl methyl sites for hydroxylation is 2. The molecule has 0 unspecified atom stereocenters. The van der Waals surface area contributed by atoms with Crippen molar-refractivity contribution in [3.05, 3.63) is 60.2 Å². The van der Waals surface area contributed by atoms with E-state index in [2.05, 4.69) is 25.4 Å². The number of nitrogens with zero attached hydrogens (tertiary/aromatic N) is 7. The lowest BCUT2D eigenvalue weighted by atomic mass is 10.1. The van der Waals surface area contributed by atoms with Crippen LogP contribution in [0.5, 0.6) is 0 Å². The number of aromatic nitrogens is 5. The van der Waals surface area contributed by atoms with E-state index in [1.807, 2.05) is 32.3 Å². The average Bonchev–Trinajstić information content (AvgIpc) is 3.17. The molecule has 9 nitrogen and oxygen atoms in total. The first-order valence-corrected chi connectivity index (χ1v) is 10.3. The number of benzene rings is 1. The summed E-state index contributed by atoms with van der Waals surface area (Å²) in [5.41, 5.74) is 3.19. The quantitative estimate of drug-likeness (QED) is 0.480. The molecule has 0 fully saturated rings. The van der Waals surface area contributed by atoms with Crippen molar-refractivity contribution in [2.24, 2.45) is 7.05 Å². The van der Waals surface area contributed by atoms with Crippen molar-refractivity contribution < 1.29 is 18.0 Å². The van der Waals surface area contributed by atoms with Gasteiger partial charge in [0.25, 0.3) is 0 Å². The molecule has 1 aromatic carbocycles. The number of rotatable bonds is 4. The second-order valence-electron chi connectivity index (χ2n) is 7.92. The maximum Gasteiger partial charge on any atom is 0.405 e. The molecule has 0 radical (unpaired) electrons. The maximum absolute atomic E-state index is 13.7. The van der Waals surface area contributed by atoms with Crippen molar-refractivity contribution in [2.75, 3.05) is 21.7 Å². The van der Waals surface area contributed by atoms with Crippen molar-refractivity contribution in [3.63, 3.8) is 0 Å². The number of fused-ring (bicyclic) bond motifs is 2. The number of carbonyl (C=O) groups excluding carboxylic acids is 1. The third-order valence-corrected chi connectivity index (χ3v) is 5.32. The van der Waals surface area contributed by atoms with Crippen LogP contribution in [0, 0.1) is 6.92 Å². The number of hydrogen-bond acceptors (Lipinski definition) is 6. The topological polar surface area (TPSA) is 92.1 Å². The zero-order valence-corrected chi connectivity index (χ0v) is 18.2. The van der Waals surface area contributed by atoms with Gasteiger partial charge in [0, 0.05) is 41.8 Å². The van der Waals surface area contributed by atoms with Crippen molar-refractivity contribution in [1.29, 1.82) is 0 Å². The number of anilines is 4. The molecule has 34 heavy (non-hydrogen) atoms. The first kappa shape index (κ1) is 21.6. The van der Waals surface area contributed by atoms with E-state index in [1.54, 1.807) is 27.8 Å². The Morgan fingerprint density at radius 1 is 1.09 bits per heavy atom. The van der Waals surface area contributed by atoms with Crippen LogP contribution < -0.4 is 15.1 Å². The van der Waals surface area contributed by atoms with Crippen LogP contribution in [-0.2, 0) is 13.6 Å². The number of urea groups is 1. The van der Waals surface area contributed by atoms with E-state index in [-0.39, 0.29) is 18.3 Å². The molecule has 1 aliphatic rings.